The summed E-state index contributed by atoms with van der Waals surface area (Å²) in [5, 5.41) is 3.24. The summed E-state index contributed by atoms with van der Waals surface area (Å²) in [4.78, 5) is 28.2. The lowest BCUT2D eigenvalue weighted by atomic mass is 10.0. The van der Waals surface area contributed by atoms with Crippen molar-refractivity contribution >= 4 is 28.8 Å². The third-order valence-electron chi connectivity index (χ3n) is 5.45. The van der Waals surface area contributed by atoms with Gasteiger partial charge < -0.3 is 14.8 Å². The minimum atomic E-state index is -0.410. The molecule has 162 valence electrons. The average molecular weight is 428 g/mol. The van der Waals surface area contributed by atoms with Gasteiger partial charge in [-0.05, 0) is 73.0 Å². The summed E-state index contributed by atoms with van der Waals surface area (Å²) in [6.45, 7) is 3.94. The number of carbonyl (C=O) groups excluding carboxylic acids is 2. The minimum absolute atomic E-state index is 0.240. The van der Waals surface area contributed by atoms with Crippen molar-refractivity contribution in [1.29, 1.82) is 0 Å². The molecule has 1 aliphatic heterocycles. The first-order chi connectivity index (χ1) is 15.4. The molecule has 0 unspecified atom stereocenters. The molecule has 4 rings (SSSR count). The van der Waals surface area contributed by atoms with E-state index in [9.17, 15) is 9.59 Å². The first kappa shape index (κ1) is 21.2. The fraction of sp³-hybridized carbons (Fsp3) is 0.154. The van der Waals surface area contributed by atoms with Gasteiger partial charge in [0, 0.05) is 5.69 Å². The molecule has 0 saturated heterocycles. The first-order valence-electron chi connectivity index (χ1n) is 10.2. The number of ether oxygens (including phenoxy) is 2. The molecular formula is C26H24N2O4. The maximum atomic E-state index is 13.5. The van der Waals surface area contributed by atoms with Crippen LogP contribution in [0, 0.1) is 13.8 Å². The Kier molecular flexibility index (Phi) is 5.69. The number of imide groups is 1. The minimum Gasteiger partial charge on any atom is -0.497 e. The molecule has 0 saturated carbocycles. The summed E-state index contributed by atoms with van der Waals surface area (Å²) in [5.41, 5.74) is 4.47. The Hall–Kier alpha value is -4.06. The Balaban J connectivity index is 1.81. The van der Waals surface area contributed by atoms with Crippen molar-refractivity contribution < 1.29 is 19.1 Å². The number of aryl methyl sites for hydroxylation is 2. The summed E-state index contributed by atoms with van der Waals surface area (Å²) < 4.78 is 10.4. The SMILES string of the molecule is COc1ccc(C2=C(Nc3cc(C)ccc3C)C(=O)N(c3ccc(OC)cc3)C2=O)cc1. The number of nitrogens with one attached hydrogen (secondary N) is 1. The Bertz CT molecular complexity index is 1210. The molecule has 1 aliphatic rings. The molecule has 2 amide bonds. The van der Waals surface area contributed by atoms with Gasteiger partial charge in [0.05, 0.1) is 25.5 Å². The molecular weight excluding hydrogens is 404 g/mol. The summed E-state index contributed by atoms with van der Waals surface area (Å²) in [7, 11) is 3.15. The van der Waals surface area contributed by atoms with Crippen LogP contribution in [0.25, 0.3) is 5.57 Å². The Morgan fingerprint density at radius 3 is 1.94 bits per heavy atom. The molecule has 0 spiro atoms. The molecule has 0 fully saturated rings. The van der Waals surface area contributed by atoms with Crippen LogP contribution in [0.3, 0.4) is 0 Å². The highest BCUT2D eigenvalue weighted by atomic mass is 16.5. The third kappa shape index (κ3) is 3.83. The van der Waals surface area contributed by atoms with Gasteiger partial charge in [-0.2, -0.15) is 0 Å². The van der Waals surface area contributed by atoms with E-state index in [1.54, 1.807) is 62.8 Å². The van der Waals surface area contributed by atoms with Crippen molar-refractivity contribution in [2.24, 2.45) is 0 Å². The van der Waals surface area contributed by atoms with E-state index in [0.717, 1.165) is 16.8 Å². The number of hydrogen-bond acceptors (Lipinski definition) is 5. The first-order valence-corrected chi connectivity index (χ1v) is 10.2. The number of amides is 2. The van der Waals surface area contributed by atoms with E-state index >= 15 is 0 Å². The fourth-order valence-electron chi connectivity index (χ4n) is 3.64. The van der Waals surface area contributed by atoms with Crippen LogP contribution in [0.2, 0.25) is 0 Å². The van der Waals surface area contributed by atoms with Crippen molar-refractivity contribution in [1.82, 2.24) is 0 Å². The molecule has 0 aromatic heterocycles. The second-order valence-corrected chi connectivity index (χ2v) is 7.57. The summed E-state index contributed by atoms with van der Waals surface area (Å²) >= 11 is 0. The lowest BCUT2D eigenvalue weighted by molar-refractivity contribution is -0.120. The van der Waals surface area contributed by atoms with Gasteiger partial charge in [0.1, 0.15) is 17.2 Å². The highest BCUT2D eigenvalue weighted by Gasteiger charge is 2.40. The van der Waals surface area contributed by atoms with Crippen LogP contribution >= 0.6 is 0 Å². The van der Waals surface area contributed by atoms with Gasteiger partial charge in [0.25, 0.3) is 11.8 Å². The van der Waals surface area contributed by atoms with Gasteiger partial charge in [-0.3, -0.25) is 9.59 Å². The number of hydrogen-bond donors (Lipinski definition) is 1. The monoisotopic (exact) mass is 428 g/mol. The summed E-state index contributed by atoms with van der Waals surface area (Å²) in [6.07, 6.45) is 0. The predicted octanol–water partition coefficient (Wildman–Crippen LogP) is 4.72. The van der Waals surface area contributed by atoms with Crippen molar-refractivity contribution in [2.45, 2.75) is 13.8 Å². The molecule has 0 aliphatic carbocycles. The topological polar surface area (TPSA) is 67.9 Å². The average Bonchev–Trinajstić information content (AvgIpc) is 3.05. The highest BCUT2D eigenvalue weighted by Crippen LogP contribution is 2.35. The fourth-order valence-corrected chi connectivity index (χ4v) is 3.64. The van der Waals surface area contributed by atoms with E-state index in [0.29, 0.717) is 28.3 Å². The van der Waals surface area contributed by atoms with Gasteiger partial charge in [0.2, 0.25) is 0 Å². The second kappa shape index (κ2) is 8.59. The molecule has 0 radical (unpaired) electrons. The number of methoxy groups -OCH3 is 2. The van der Waals surface area contributed by atoms with E-state index in [4.69, 9.17) is 9.47 Å². The smallest absolute Gasteiger partial charge is 0.282 e. The van der Waals surface area contributed by atoms with E-state index in [-0.39, 0.29) is 5.70 Å². The van der Waals surface area contributed by atoms with Gasteiger partial charge >= 0.3 is 0 Å². The van der Waals surface area contributed by atoms with Crippen molar-refractivity contribution in [3.63, 3.8) is 0 Å². The Morgan fingerprint density at radius 1 is 0.750 bits per heavy atom. The van der Waals surface area contributed by atoms with E-state index in [1.807, 2.05) is 32.0 Å². The Labute approximate surface area is 187 Å². The molecule has 3 aromatic rings. The van der Waals surface area contributed by atoms with Crippen molar-refractivity contribution in [3.05, 3.63) is 89.1 Å². The van der Waals surface area contributed by atoms with E-state index in [2.05, 4.69) is 5.32 Å². The van der Waals surface area contributed by atoms with Crippen molar-refractivity contribution in [2.75, 3.05) is 24.4 Å². The zero-order valence-corrected chi connectivity index (χ0v) is 18.4. The lowest BCUT2D eigenvalue weighted by Crippen LogP contribution is -2.32. The molecule has 6 nitrogen and oxygen atoms in total. The number of nitrogens with zero attached hydrogens (tertiary/aromatic N) is 1. The lowest BCUT2D eigenvalue weighted by Gasteiger charge is -2.16. The van der Waals surface area contributed by atoms with Crippen LogP contribution in [-0.2, 0) is 9.59 Å². The van der Waals surface area contributed by atoms with Crippen LogP contribution < -0.4 is 19.7 Å². The zero-order valence-electron chi connectivity index (χ0n) is 18.4. The van der Waals surface area contributed by atoms with Crippen LogP contribution in [0.4, 0.5) is 11.4 Å². The summed E-state index contributed by atoms with van der Waals surface area (Å²) in [5.74, 6) is 0.511. The largest absolute Gasteiger partial charge is 0.497 e. The molecule has 0 bridgehead atoms. The third-order valence-corrected chi connectivity index (χ3v) is 5.45. The predicted molar refractivity (Wildman–Crippen MR) is 125 cm³/mol. The quantitative estimate of drug-likeness (QED) is 0.576. The van der Waals surface area contributed by atoms with Gasteiger partial charge in [-0.1, -0.05) is 24.3 Å². The maximum absolute atomic E-state index is 13.5. The van der Waals surface area contributed by atoms with Crippen LogP contribution in [-0.4, -0.2) is 26.0 Å². The maximum Gasteiger partial charge on any atom is 0.282 e. The van der Waals surface area contributed by atoms with Crippen molar-refractivity contribution in [3.8, 4) is 11.5 Å². The summed E-state index contributed by atoms with van der Waals surface area (Å²) in [6, 6.07) is 19.9. The molecule has 3 aromatic carbocycles. The second-order valence-electron chi connectivity index (χ2n) is 7.57. The van der Waals surface area contributed by atoms with E-state index < -0.39 is 11.8 Å². The Morgan fingerprint density at radius 2 is 1.34 bits per heavy atom. The highest BCUT2D eigenvalue weighted by molar-refractivity contribution is 6.46. The van der Waals surface area contributed by atoms with Gasteiger partial charge in [-0.15, -0.1) is 0 Å². The van der Waals surface area contributed by atoms with Gasteiger partial charge in [-0.25, -0.2) is 4.90 Å². The molecule has 0 atom stereocenters. The standard InChI is InChI=1S/C26H24N2O4/c1-16-5-6-17(2)22(15-16)27-24-23(18-7-11-20(31-3)12-8-18)25(29)28(26(24)30)19-9-13-21(32-4)14-10-19/h5-15,27H,1-4H3. The molecule has 6 heteroatoms. The van der Waals surface area contributed by atoms with Gasteiger partial charge in [0.15, 0.2) is 0 Å². The van der Waals surface area contributed by atoms with Crippen LogP contribution in [0.15, 0.2) is 72.4 Å². The zero-order chi connectivity index (χ0) is 22.8. The molecule has 1 N–H and O–H groups in total. The van der Waals surface area contributed by atoms with Crippen LogP contribution in [0.1, 0.15) is 16.7 Å². The normalized spacial score (nSPS) is 13.6. The number of carbonyl (C=O) groups is 2. The molecule has 1 heterocycles. The number of benzene rings is 3. The number of anilines is 2. The van der Waals surface area contributed by atoms with Crippen LogP contribution in [0.5, 0.6) is 11.5 Å². The number of rotatable bonds is 6. The van der Waals surface area contributed by atoms with E-state index in [1.165, 1.54) is 4.90 Å². The molecule has 32 heavy (non-hydrogen) atoms.